The van der Waals surface area contributed by atoms with Crippen LogP contribution in [0.1, 0.15) is 48.3 Å². The molecule has 0 saturated carbocycles. The van der Waals surface area contributed by atoms with Gasteiger partial charge in [0.05, 0.1) is 24.2 Å². The fraction of sp³-hybridized carbons (Fsp3) is 0.481. The van der Waals surface area contributed by atoms with Gasteiger partial charge in [-0.1, -0.05) is 12.1 Å². The Balaban J connectivity index is 1.78. The van der Waals surface area contributed by atoms with Crippen LogP contribution in [0.3, 0.4) is 0 Å². The van der Waals surface area contributed by atoms with Crippen LogP contribution in [0.4, 0.5) is 19.0 Å². The van der Waals surface area contributed by atoms with E-state index < -0.39 is 35.6 Å². The van der Waals surface area contributed by atoms with Gasteiger partial charge in [0, 0.05) is 62.9 Å². The monoisotopic (exact) mass is 519 g/mol. The number of ether oxygens (including phenoxy) is 4. The molecule has 1 N–H and O–H groups in total. The third-order valence-corrected chi connectivity index (χ3v) is 6.88. The molecule has 1 saturated heterocycles. The van der Waals surface area contributed by atoms with Gasteiger partial charge in [-0.15, -0.1) is 0 Å². The molecule has 1 aliphatic heterocycles. The van der Waals surface area contributed by atoms with E-state index in [1.54, 1.807) is 28.1 Å². The summed E-state index contributed by atoms with van der Waals surface area (Å²) in [5.41, 5.74) is 0.228. The first kappa shape index (κ1) is 27.1. The summed E-state index contributed by atoms with van der Waals surface area (Å²) in [6.07, 6.45) is 1.29. The van der Waals surface area contributed by atoms with Gasteiger partial charge in [-0.3, -0.25) is 0 Å². The highest BCUT2D eigenvalue weighted by Crippen LogP contribution is 2.43. The van der Waals surface area contributed by atoms with E-state index in [-0.39, 0.29) is 5.56 Å². The van der Waals surface area contributed by atoms with Crippen molar-refractivity contribution in [2.45, 2.75) is 44.3 Å². The zero-order valence-corrected chi connectivity index (χ0v) is 21.7. The molecule has 0 aliphatic carbocycles. The lowest BCUT2D eigenvalue weighted by molar-refractivity contribution is -0.0956. The number of fused-ring (bicyclic) bond motifs is 1. The number of aryl methyl sites for hydroxylation is 1. The van der Waals surface area contributed by atoms with Crippen LogP contribution in [0.25, 0.3) is 10.9 Å². The van der Waals surface area contributed by atoms with Gasteiger partial charge >= 0.3 is 0 Å². The SMILES string of the molecule is COCC(F)(F)c1cccc([C@@H](C)Nc2nc(C)nc3cc(OC)c(C4(OC)CCOCC4)cc23)c1F. The van der Waals surface area contributed by atoms with E-state index in [1.807, 2.05) is 12.1 Å². The number of methoxy groups -OCH3 is 3. The summed E-state index contributed by atoms with van der Waals surface area (Å²) in [7, 11) is 4.41. The second-order valence-corrected chi connectivity index (χ2v) is 9.21. The smallest absolute Gasteiger partial charge is 0.298 e. The van der Waals surface area contributed by atoms with Crippen molar-refractivity contribution in [2.75, 3.05) is 46.5 Å². The molecule has 1 atom stereocenters. The molecule has 0 amide bonds. The minimum Gasteiger partial charge on any atom is -0.496 e. The standard InChI is InChI=1S/C27H32F3N3O4/c1-16(18-7-6-8-20(24(18)28)27(29,30)15-34-3)31-25-19-13-21(26(36-5)9-11-37-12-10-26)23(35-4)14-22(19)32-17(2)33-25/h6-8,13-14,16H,9-12,15H2,1-5H3,(H,31,32,33)/t16-/m1/s1. The minimum absolute atomic E-state index is 0.0872. The third kappa shape index (κ3) is 5.23. The molecule has 10 heteroatoms. The lowest BCUT2D eigenvalue weighted by Gasteiger charge is -2.37. The Morgan fingerprint density at radius 1 is 1.14 bits per heavy atom. The van der Waals surface area contributed by atoms with Gasteiger partial charge in [-0.05, 0) is 26.0 Å². The summed E-state index contributed by atoms with van der Waals surface area (Å²) >= 11 is 0. The maximum Gasteiger partial charge on any atom is 0.298 e. The molecule has 3 aromatic rings. The number of nitrogens with zero attached hydrogens (tertiary/aromatic N) is 2. The highest BCUT2D eigenvalue weighted by Gasteiger charge is 2.38. The summed E-state index contributed by atoms with van der Waals surface area (Å²) in [5.74, 6) is -2.87. The van der Waals surface area contributed by atoms with Crippen LogP contribution in [-0.2, 0) is 25.7 Å². The predicted octanol–water partition coefficient (Wildman–Crippen LogP) is 5.65. The molecule has 0 bridgehead atoms. The molecule has 1 aromatic heterocycles. The summed E-state index contributed by atoms with van der Waals surface area (Å²) in [5, 5.41) is 3.90. The van der Waals surface area contributed by atoms with E-state index >= 15 is 4.39 Å². The highest BCUT2D eigenvalue weighted by atomic mass is 19.3. The lowest BCUT2D eigenvalue weighted by atomic mass is 9.84. The zero-order valence-electron chi connectivity index (χ0n) is 21.7. The fourth-order valence-electron chi connectivity index (χ4n) is 4.90. The van der Waals surface area contributed by atoms with Crippen molar-refractivity contribution in [3.63, 3.8) is 0 Å². The van der Waals surface area contributed by atoms with Gasteiger partial charge in [0.25, 0.3) is 5.92 Å². The molecule has 200 valence electrons. The van der Waals surface area contributed by atoms with Crippen LogP contribution in [0.15, 0.2) is 30.3 Å². The molecular weight excluding hydrogens is 487 g/mol. The summed E-state index contributed by atoms with van der Waals surface area (Å²) < 4.78 is 66.1. The van der Waals surface area contributed by atoms with E-state index in [4.69, 9.17) is 14.2 Å². The Morgan fingerprint density at radius 2 is 1.86 bits per heavy atom. The van der Waals surface area contributed by atoms with Crippen molar-refractivity contribution in [1.82, 2.24) is 9.97 Å². The first-order valence-corrected chi connectivity index (χ1v) is 12.1. The van der Waals surface area contributed by atoms with Crippen LogP contribution in [-0.4, -0.2) is 51.1 Å². The van der Waals surface area contributed by atoms with Gasteiger partial charge < -0.3 is 24.3 Å². The minimum atomic E-state index is -3.46. The average Bonchev–Trinajstić information content (AvgIpc) is 2.88. The van der Waals surface area contributed by atoms with E-state index in [0.29, 0.717) is 54.4 Å². The average molecular weight is 520 g/mol. The molecule has 0 spiro atoms. The molecule has 2 aromatic carbocycles. The van der Waals surface area contributed by atoms with Crippen LogP contribution in [0, 0.1) is 12.7 Å². The number of halogens is 3. The molecule has 4 rings (SSSR count). The van der Waals surface area contributed by atoms with Crippen molar-refractivity contribution in [1.29, 1.82) is 0 Å². The van der Waals surface area contributed by atoms with E-state index in [2.05, 4.69) is 20.0 Å². The topological polar surface area (TPSA) is 74.7 Å². The van der Waals surface area contributed by atoms with Gasteiger partial charge in [0.1, 0.15) is 35.4 Å². The summed E-state index contributed by atoms with van der Waals surface area (Å²) in [4.78, 5) is 9.13. The molecule has 0 unspecified atom stereocenters. The number of nitrogens with one attached hydrogen (secondary N) is 1. The molecule has 0 radical (unpaired) electrons. The number of rotatable bonds is 9. The molecule has 2 heterocycles. The maximum atomic E-state index is 15.3. The number of hydrogen-bond donors (Lipinski definition) is 1. The van der Waals surface area contributed by atoms with Crippen molar-refractivity contribution in [3.8, 4) is 5.75 Å². The fourth-order valence-corrected chi connectivity index (χ4v) is 4.90. The molecule has 7 nitrogen and oxygen atoms in total. The van der Waals surface area contributed by atoms with Gasteiger partial charge in [0.15, 0.2) is 0 Å². The lowest BCUT2D eigenvalue weighted by Crippen LogP contribution is -2.36. The Kier molecular flexibility index (Phi) is 7.91. The van der Waals surface area contributed by atoms with Crippen molar-refractivity contribution >= 4 is 16.7 Å². The number of alkyl halides is 2. The summed E-state index contributed by atoms with van der Waals surface area (Å²) in [6.45, 7) is 3.62. The first-order chi connectivity index (χ1) is 17.7. The van der Waals surface area contributed by atoms with Crippen LogP contribution in [0.2, 0.25) is 0 Å². The second-order valence-electron chi connectivity index (χ2n) is 9.21. The summed E-state index contributed by atoms with van der Waals surface area (Å²) in [6, 6.07) is 7.04. The van der Waals surface area contributed by atoms with E-state index in [9.17, 15) is 8.78 Å². The van der Waals surface area contributed by atoms with Crippen LogP contribution in [0.5, 0.6) is 5.75 Å². The molecule has 1 aliphatic rings. The van der Waals surface area contributed by atoms with Crippen molar-refractivity contribution < 1.29 is 32.1 Å². The molecule has 1 fully saturated rings. The Labute approximate surface area is 214 Å². The molecular formula is C27H32F3N3O4. The Morgan fingerprint density at radius 3 is 2.51 bits per heavy atom. The van der Waals surface area contributed by atoms with Gasteiger partial charge in [-0.2, -0.15) is 8.78 Å². The third-order valence-electron chi connectivity index (χ3n) is 6.88. The maximum absolute atomic E-state index is 15.3. The van der Waals surface area contributed by atoms with Crippen molar-refractivity contribution in [3.05, 3.63) is 58.7 Å². The number of aromatic nitrogens is 2. The largest absolute Gasteiger partial charge is 0.496 e. The zero-order chi connectivity index (χ0) is 26.8. The van der Waals surface area contributed by atoms with Crippen molar-refractivity contribution in [2.24, 2.45) is 0 Å². The normalized spacial score (nSPS) is 16.5. The quantitative estimate of drug-likeness (QED) is 0.392. The van der Waals surface area contributed by atoms with Gasteiger partial charge in [-0.25, -0.2) is 14.4 Å². The Hall–Kier alpha value is -2.95. The van der Waals surface area contributed by atoms with Crippen LogP contribution < -0.4 is 10.1 Å². The van der Waals surface area contributed by atoms with E-state index in [1.165, 1.54) is 12.1 Å². The Bertz CT molecular complexity index is 1270. The number of hydrogen-bond acceptors (Lipinski definition) is 7. The number of anilines is 1. The predicted molar refractivity (Wildman–Crippen MR) is 134 cm³/mol. The molecule has 37 heavy (non-hydrogen) atoms. The second kappa shape index (κ2) is 10.8. The number of benzene rings is 2. The first-order valence-electron chi connectivity index (χ1n) is 12.1. The highest BCUT2D eigenvalue weighted by molar-refractivity contribution is 5.91. The van der Waals surface area contributed by atoms with E-state index in [0.717, 1.165) is 18.7 Å². The van der Waals surface area contributed by atoms with Gasteiger partial charge in [0.2, 0.25) is 0 Å². The van der Waals surface area contributed by atoms with Crippen LogP contribution >= 0.6 is 0 Å².